The summed E-state index contributed by atoms with van der Waals surface area (Å²) in [7, 11) is -25.8. The monoisotopic (exact) mass is 705 g/mol. The van der Waals surface area contributed by atoms with Crippen molar-refractivity contribution < 1.29 is 162 Å². The average Bonchev–Trinajstić information content (AvgIpc) is 1.79. The molecule has 0 heterocycles. The van der Waals surface area contributed by atoms with Crippen LogP contribution >= 0.6 is 0 Å². The first kappa shape index (κ1) is 57.5. The molecule has 1 radical (unpaired) electrons. The molecule has 0 bridgehead atoms. The van der Waals surface area contributed by atoms with E-state index in [1.54, 1.807) is 0 Å². The molecule has 173 valence electrons. The Labute approximate surface area is 212 Å². The van der Waals surface area contributed by atoms with Crippen LogP contribution in [0.15, 0.2) is 0 Å². The Kier molecular flexibility index (Phi) is 48.3. The van der Waals surface area contributed by atoms with Crippen molar-refractivity contribution in [2.45, 2.75) is 0 Å². The van der Waals surface area contributed by atoms with Gasteiger partial charge in [0.1, 0.15) is 0 Å². The van der Waals surface area contributed by atoms with Crippen molar-refractivity contribution in [2.75, 3.05) is 0 Å². The van der Waals surface area contributed by atoms with Crippen LogP contribution in [0.4, 0.5) is 0 Å². The van der Waals surface area contributed by atoms with Crippen LogP contribution in [0.1, 0.15) is 0 Å². The molecule has 0 rings (SSSR count). The molecule has 0 aromatic rings. The normalized spacial score (nSPS) is 10.0. The third-order valence-electron chi connectivity index (χ3n) is 0. The van der Waals surface area contributed by atoms with E-state index in [1.165, 1.54) is 0 Å². The van der Waals surface area contributed by atoms with Crippen molar-refractivity contribution in [3.63, 3.8) is 0 Å². The molecule has 0 saturated carbocycles. The van der Waals surface area contributed by atoms with Crippen LogP contribution in [0.5, 0.6) is 0 Å². The maximum absolute atomic E-state index is 8.52. The Balaban J connectivity index is -0.0000000238. The van der Waals surface area contributed by atoms with Crippen molar-refractivity contribution >= 4 is 52.0 Å². The van der Waals surface area contributed by atoms with Gasteiger partial charge >= 0.3 is 74.8 Å². The van der Waals surface area contributed by atoms with E-state index in [9.17, 15) is 0 Å². The van der Waals surface area contributed by atoms with Crippen molar-refractivity contribution in [1.29, 1.82) is 0 Å². The summed E-state index contributed by atoms with van der Waals surface area (Å²) in [5.74, 6) is 0. The van der Waals surface area contributed by atoms with E-state index in [-0.39, 0.29) is 74.8 Å². The second kappa shape index (κ2) is 24.3. The minimum atomic E-state index is -5.17. The molecule has 0 aliphatic carbocycles. The molecular formula is MnNiO20S5TiZn. The Hall–Kier alpha value is 1.70. The summed E-state index contributed by atoms with van der Waals surface area (Å²) in [6.45, 7) is 0. The van der Waals surface area contributed by atoms with E-state index in [1.807, 2.05) is 0 Å². The van der Waals surface area contributed by atoms with Gasteiger partial charge in [-0.2, -0.15) is 0 Å². The minimum absolute atomic E-state index is 0. The summed E-state index contributed by atoms with van der Waals surface area (Å²) in [5, 5.41) is 0. The van der Waals surface area contributed by atoms with E-state index < -0.39 is 52.0 Å². The zero-order valence-electron chi connectivity index (χ0n) is 12.1. The standard InChI is InChI=1S/Mn.Ni.5H2O4S.Ti.Zn/c;;5*1-5(2,3)4;;/h;;5*(H2,1,2,3,4);;/q2*+2;;;;;;+4;+2/p-10. The van der Waals surface area contributed by atoms with Gasteiger partial charge in [-0.15, -0.1) is 0 Å². The van der Waals surface area contributed by atoms with Crippen molar-refractivity contribution in [3.8, 4) is 0 Å². The fourth-order valence-corrected chi connectivity index (χ4v) is 0. The van der Waals surface area contributed by atoms with Crippen LogP contribution in [0.25, 0.3) is 0 Å². The van der Waals surface area contributed by atoms with Crippen LogP contribution in [-0.2, 0) is 127 Å². The summed E-state index contributed by atoms with van der Waals surface area (Å²) in [6.07, 6.45) is 0. The van der Waals surface area contributed by atoms with Crippen LogP contribution in [0.2, 0.25) is 0 Å². The molecule has 0 N–H and O–H groups in total. The van der Waals surface area contributed by atoms with E-state index >= 15 is 0 Å². The van der Waals surface area contributed by atoms with E-state index in [4.69, 9.17) is 87.6 Å². The molecule has 29 heteroatoms. The fraction of sp³-hybridized carbons (Fsp3) is 0. The molecule has 20 nitrogen and oxygen atoms in total. The van der Waals surface area contributed by atoms with Gasteiger partial charge in [-0.1, -0.05) is 0 Å². The average molecular weight is 707 g/mol. The summed E-state index contributed by atoms with van der Waals surface area (Å²) in [4.78, 5) is 0. The van der Waals surface area contributed by atoms with Gasteiger partial charge in [0.15, 0.2) is 0 Å². The molecule has 0 spiro atoms. The van der Waals surface area contributed by atoms with Gasteiger partial charge in [0.05, 0.1) is 0 Å². The van der Waals surface area contributed by atoms with E-state index in [0.29, 0.717) is 0 Å². The molecule has 29 heavy (non-hydrogen) atoms. The Bertz CT molecular complexity index is 633. The van der Waals surface area contributed by atoms with Gasteiger partial charge in [0.25, 0.3) is 0 Å². The van der Waals surface area contributed by atoms with Crippen molar-refractivity contribution in [2.24, 2.45) is 0 Å². The van der Waals surface area contributed by atoms with Crippen LogP contribution in [0.3, 0.4) is 0 Å². The van der Waals surface area contributed by atoms with Crippen molar-refractivity contribution in [3.05, 3.63) is 0 Å². The van der Waals surface area contributed by atoms with Gasteiger partial charge < -0.3 is 45.5 Å². The molecular weight excluding hydrogens is 707 g/mol. The predicted molar refractivity (Wildman–Crippen MR) is 52.4 cm³/mol. The minimum Gasteiger partial charge on any atom is -0.759 e. The molecule has 0 aromatic heterocycles. The summed E-state index contributed by atoms with van der Waals surface area (Å²) in [5.41, 5.74) is 0. The van der Waals surface area contributed by atoms with Crippen LogP contribution < -0.4 is 0 Å². The Morgan fingerprint density at radius 1 is 0.345 bits per heavy atom. The first-order valence-corrected chi connectivity index (χ1v) is 10.0. The summed E-state index contributed by atoms with van der Waals surface area (Å²) >= 11 is 0. The topological polar surface area (TPSA) is 401 Å². The van der Waals surface area contributed by atoms with Gasteiger partial charge in [0.2, 0.25) is 0 Å². The summed E-state index contributed by atoms with van der Waals surface area (Å²) < 4.78 is 170. The van der Waals surface area contributed by atoms with Crippen LogP contribution in [0, 0.1) is 0 Å². The first-order valence-electron chi connectivity index (χ1n) is 3.33. The third kappa shape index (κ3) is 7880. The Morgan fingerprint density at radius 3 is 0.345 bits per heavy atom. The molecule has 0 fully saturated rings. The largest absolute Gasteiger partial charge is 4.00 e. The zero-order chi connectivity index (χ0) is 22.5. The maximum Gasteiger partial charge on any atom is 4.00 e. The second-order valence-corrected chi connectivity index (χ2v) is 6.12. The predicted octanol–water partition coefficient (Wildman–Crippen LogP) is -6.70. The van der Waals surface area contributed by atoms with Gasteiger partial charge in [0, 0.05) is 52.0 Å². The van der Waals surface area contributed by atoms with Crippen LogP contribution in [-0.4, -0.2) is 87.6 Å². The number of hydrogen-bond acceptors (Lipinski definition) is 20. The number of rotatable bonds is 0. The summed E-state index contributed by atoms with van der Waals surface area (Å²) in [6, 6.07) is 0. The van der Waals surface area contributed by atoms with Gasteiger partial charge in [-0.3, -0.25) is 42.1 Å². The third-order valence-corrected chi connectivity index (χ3v) is 0. The molecule has 0 unspecified atom stereocenters. The molecule has 0 aliphatic heterocycles. The van der Waals surface area contributed by atoms with Gasteiger partial charge in [-0.05, 0) is 0 Å². The SMILES string of the molecule is O=S(=O)([O-])[O-].O=S(=O)([O-])[O-].O=S(=O)([O-])[O-].O=S(=O)([O-])[O-].O=S(=O)([O-])[O-].[Mn+2].[Ni+2].[Ti+4].[Zn+2]. The quantitative estimate of drug-likeness (QED) is 0.128. The zero-order valence-corrected chi connectivity index (χ0v) is 22.9. The molecule has 0 saturated heterocycles. The Morgan fingerprint density at radius 2 is 0.345 bits per heavy atom. The van der Waals surface area contributed by atoms with Crippen molar-refractivity contribution in [1.82, 2.24) is 0 Å². The van der Waals surface area contributed by atoms with E-state index in [2.05, 4.69) is 0 Å². The number of hydrogen-bond donors (Lipinski definition) is 0. The molecule has 0 aromatic carbocycles. The molecule has 0 aliphatic rings. The molecule has 0 amide bonds. The first-order chi connectivity index (χ1) is 10.0. The second-order valence-electron chi connectivity index (χ2n) is 2.04. The smallest absolute Gasteiger partial charge is 0.759 e. The maximum atomic E-state index is 8.52. The van der Waals surface area contributed by atoms with Gasteiger partial charge in [-0.25, -0.2) is 0 Å². The molecule has 0 atom stereocenters. The van der Waals surface area contributed by atoms with E-state index in [0.717, 1.165) is 0 Å². The fourth-order valence-electron chi connectivity index (χ4n) is 0.